The number of urea groups is 6. The summed E-state index contributed by atoms with van der Waals surface area (Å²) in [7, 11) is 5.50. The molecule has 8 aromatic carbocycles. The van der Waals surface area contributed by atoms with E-state index < -0.39 is 143 Å². The first-order valence-electron chi connectivity index (χ1n) is 34.9. The second-order valence-corrected chi connectivity index (χ2v) is 26.5. The first kappa shape index (κ1) is 82.8. The van der Waals surface area contributed by atoms with E-state index >= 15 is 0 Å². The van der Waals surface area contributed by atoms with Gasteiger partial charge in [0.2, 0.25) is 70.9 Å². The third-order valence-electron chi connectivity index (χ3n) is 18.3. The largest absolute Gasteiger partial charge is 0.332 e. The Bertz CT molecular complexity index is 4790. The maximum atomic E-state index is 12.7. The highest BCUT2D eigenvalue weighted by Crippen LogP contribution is 2.28. The van der Waals surface area contributed by atoms with E-state index in [0.29, 0.717) is 41.0 Å². The molecule has 0 bridgehead atoms. The zero-order chi connectivity index (χ0) is 81.7. The van der Waals surface area contributed by atoms with Crippen molar-refractivity contribution in [3.63, 3.8) is 0 Å². The highest BCUT2D eigenvalue weighted by molar-refractivity contribution is 6.30. The summed E-state index contributed by atoms with van der Waals surface area (Å²) in [5.41, 5.74) is 7.02. The molecule has 0 spiro atoms. The lowest BCUT2D eigenvalue weighted by Gasteiger charge is -2.32. The average molecular weight is 1550 g/mol. The van der Waals surface area contributed by atoms with E-state index in [1.807, 2.05) is 171 Å². The van der Waals surface area contributed by atoms with Gasteiger partial charge in [-0.25, -0.2) is 28.8 Å². The topological polar surface area (TPSA) is 399 Å². The molecule has 0 saturated carbocycles. The van der Waals surface area contributed by atoms with E-state index in [0.717, 1.165) is 62.8 Å². The van der Waals surface area contributed by atoms with Gasteiger partial charge in [0.25, 0.3) is 0 Å². The summed E-state index contributed by atoms with van der Waals surface area (Å²) in [4.78, 5) is 218. The Hall–Kier alpha value is -14.3. The minimum absolute atomic E-state index is 0.114. The van der Waals surface area contributed by atoms with Crippen LogP contribution in [0.2, 0.25) is 5.02 Å². The van der Waals surface area contributed by atoms with Crippen molar-refractivity contribution in [2.45, 2.75) is 57.0 Å². The number of nitrogens with zero attached hydrogens (tertiary/aromatic N) is 6. The molecule has 30 nitrogen and oxygen atoms in total. The molecule has 14 rings (SSSR count). The van der Waals surface area contributed by atoms with Crippen molar-refractivity contribution >= 4 is 119 Å². The zero-order valence-corrected chi connectivity index (χ0v) is 62.1. The summed E-state index contributed by atoms with van der Waals surface area (Å²) in [6, 6.07) is 64.3. The number of nitrogens with one attached hydrogen (secondary N) is 6. The first-order chi connectivity index (χ1) is 54.0. The molecular weight excluding hydrogens is 1480 g/mol. The van der Waals surface area contributed by atoms with E-state index in [2.05, 4.69) is 31.9 Å². The van der Waals surface area contributed by atoms with Crippen LogP contribution in [0.1, 0.15) is 67.8 Å². The van der Waals surface area contributed by atoms with E-state index in [-0.39, 0.29) is 13.1 Å². The molecule has 6 aliphatic heterocycles. The van der Waals surface area contributed by atoms with Gasteiger partial charge < -0.3 is 0 Å². The molecule has 6 N–H and O–H groups in total. The molecule has 6 aliphatic rings. The van der Waals surface area contributed by atoms with Crippen LogP contribution in [0, 0.1) is 24.7 Å². The summed E-state index contributed by atoms with van der Waals surface area (Å²) in [5.74, 6) is -11.7. The number of hydrogen-bond acceptors (Lipinski definition) is 18. The van der Waals surface area contributed by atoms with Gasteiger partial charge in [0.05, 0.1) is 13.1 Å². The molecule has 6 saturated heterocycles. The minimum Gasteiger partial charge on any atom is -0.277 e. The molecule has 4 unspecified atom stereocenters. The van der Waals surface area contributed by atoms with E-state index in [1.165, 1.54) is 28.2 Å². The fourth-order valence-electron chi connectivity index (χ4n) is 12.0. The molecular formula is C82H75ClN12O18. The molecule has 4 atom stereocenters. The van der Waals surface area contributed by atoms with Gasteiger partial charge in [-0.3, -0.25) is 119 Å². The predicted octanol–water partition coefficient (Wildman–Crippen LogP) is 7.20. The van der Waals surface area contributed by atoms with Gasteiger partial charge in [-0.1, -0.05) is 236 Å². The lowest BCUT2D eigenvalue weighted by atomic mass is 9.94. The molecule has 0 aromatic heterocycles. The van der Waals surface area contributed by atoms with Crippen LogP contribution < -0.4 is 31.9 Å². The van der Waals surface area contributed by atoms with Crippen LogP contribution in [-0.2, 0) is 89.9 Å². The van der Waals surface area contributed by atoms with Gasteiger partial charge in [-0.05, 0) is 82.8 Å². The van der Waals surface area contributed by atoms with Crippen LogP contribution in [0.4, 0.5) is 28.8 Å². The summed E-state index contributed by atoms with van der Waals surface area (Å²) in [6.45, 7) is 2.18. The monoisotopic (exact) mass is 1550 g/mol. The number of halogens is 1. The van der Waals surface area contributed by atoms with Crippen molar-refractivity contribution in [2.75, 3.05) is 28.2 Å². The molecule has 24 amide bonds. The van der Waals surface area contributed by atoms with Crippen LogP contribution in [0.5, 0.6) is 0 Å². The number of aryl methyl sites for hydroxylation is 1. The number of imide groups is 12. The van der Waals surface area contributed by atoms with E-state index in [9.17, 15) is 86.3 Å². The Morgan fingerprint density at radius 1 is 0.274 bits per heavy atom. The highest BCUT2D eigenvalue weighted by atomic mass is 35.5. The highest BCUT2D eigenvalue weighted by Gasteiger charge is 2.46. The Labute approximate surface area is 651 Å². The van der Waals surface area contributed by atoms with Crippen molar-refractivity contribution < 1.29 is 86.3 Å². The quantitative estimate of drug-likeness (QED) is 0.0621. The number of likely N-dealkylation sites (N-methyl/N-ethyl adjacent to an activating group) is 1. The van der Waals surface area contributed by atoms with Gasteiger partial charge in [0.15, 0.2) is 0 Å². The number of carbonyl (C=O) groups is 18. The van der Waals surface area contributed by atoms with Gasteiger partial charge in [-0.15, -0.1) is 0 Å². The standard InChI is InChI=1S/C18H16N2O3.C17H13ClN2O3.C13H14N2O3.C12H12N2O3.2C11H10N2O3/c1-12-7-9-14(10-8-12)15-16(21)19-18(23)20(17(15)22)11-13-5-3-2-4-6-13;18-13-8-6-12(7-9-13)14-15(21)19-17(23)20(16(14)22)10-11-4-2-1-3-5-11;1-14-11(16)10(12(17)15(2)13(14)18)8-9-6-4-3-5-7-9;1-14-11(16)9(10(15)13-12(14)17)7-8-5-3-2-4-6-8;1-13-10(15)8(9(14)12-11(13)16)7-5-3-2-4-6-7;14-9-8(10(15)13-11(16)12-9)6-7-4-2-1-3-5-7/h2-10,15H,11H2,1H3,(H,19,21,23);1-9,14H,10H2,(H,19,21,23);3-7,10H,8H2,1-2H3;2-6,9H,7H2,1H3,(H,13,15,17);2-6,8H,1H3,(H,12,14,16);1-5,8H,6H2,(H2,12,13,14,15,16). The fourth-order valence-corrected chi connectivity index (χ4v) is 12.1. The SMILES string of the molecule is CN1C(=O)C(Cc2ccccc2)C(=O)N(C)C1=O.CN1C(=O)NC(=O)C(Cc2ccccc2)C1=O.CN1C(=O)NC(=O)C(c2ccccc2)C1=O.Cc1ccc(C2C(=O)NC(=O)N(Cc3ccccc3)C2=O)cc1.O=C1NC(=O)C(Cc2ccccc2)C(=O)N1.O=C1NC(=O)N(Cc2ccccc2)C(=O)C1c1ccc(Cl)cc1. The third kappa shape index (κ3) is 21.2. The van der Waals surface area contributed by atoms with Crippen molar-refractivity contribution in [2.24, 2.45) is 17.8 Å². The Kier molecular flexibility index (Phi) is 28.0. The van der Waals surface area contributed by atoms with E-state index in [4.69, 9.17) is 11.6 Å². The van der Waals surface area contributed by atoms with Gasteiger partial charge in [0.1, 0.15) is 35.5 Å². The maximum absolute atomic E-state index is 12.7. The Morgan fingerprint density at radius 2 is 0.558 bits per heavy atom. The number of hydrogen-bond donors (Lipinski definition) is 6. The number of carbonyl (C=O) groups excluding carboxylic acids is 18. The number of benzene rings is 8. The molecule has 31 heteroatoms. The smallest absolute Gasteiger partial charge is 0.277 e. The summed E-state index contributed by atoms with van der Waals surface area (Å²) in [6.07, 6.45) is 0.926. The minimum atomic E-state index is -1.05. The molecule has 6 fully saturated rings. The second-order valence-electron chi connectivity index (χ2n) is 26.1. The lowest BCUT2D eigenvalue weighted by molar-refractivity contribution is -0.148. The molecule has 578 valence electrons. The van der Waals surface area contributed by atoms with Gasteiger partial charge in [-0.2, -0.15) is 0 Å². The van der Waals surface area contributed by atoms with Crippen molar-refractivity contribution in [1.82, 2.24) is 61.3 Å². The number of barbiturate groups is 6. The first-order valence-corrected chi connectivity index (χ1v) is 35.3. The fraction of sp³-hybridized carbons (Fsp3) is 0.195. The lowest BCUT2D eigenvalue weighted by Crippen LogP contribution is -2.57. The van der Waals surface area contributed by atoms with E-state index in [1.54, 1.807) is 66.7 Å². The summed E-state index contributed by atoms with van der Waals surface area (Å²) in [5, 5.41) is 13.4. The molecule has 0 radical (unpaired) electrons. The molecule has 8 aromatic rings. The van der Waals surface area contributed by atoms with Crippen LogP contribution in [0.3, 0.4) is 0 Å². The summed E-state index contributed by atoms with van der Waals surface area (Å²) >= 11 is 5.83. The number of rotatable bonds is 13. The van der Waals surface area contributed by atoms with Crippen molar-refractivity contribution in [1.29, 1.82) is 0 Å². The van der Waals surface area contributed by atoms with Crippen molar-refractivity contribution in [3.8, 4) is 0 Å². The molecule has 0 aliphatic carbocycles. The van der Waals surface area contributed by atoms with Gasteiger partial charge in [0, 0.05) is 33.2 Å². The zero-order valence-electron chi connectivity index (χ0n) is 61.3. The second kappa shape index (κ2) is 38.2. The van der Waals surface area contributed by atoms with Crippen LogP contribution in [-0.4, -0.2) is 165 Å². The van der Waals surface area contributed by atoms with Gasteiger partial charge >= 0.3 is 36.2 Å². The average Bonchev–Trinajstić information content (AvgIpc) is 0.772. The third-order valence-corrected chi connectivity index (χ3v) is 18.5. The Morgan fingerprint density at radius 3 is 0.947 bits per heavy atom. The van der Waals surface area contributed by atoms with Crippen molar-refractivity contribution in [3.05, 3.63) is 286 Å². The van der Waals surface area contributed by atoms with Crippen LogP contribution >= 0.6 is 11.6 Å². The Balaban J connectivity index is 0.000000157. The molecule has 6 heterocycles. The van der Waals surface area contributed by atoms with Crippen LogP contribution in [0.15, 0.2) is 231 Å². The maximum Gasteiger partial charge on any atom is 0.332 e. The summed E-state index contributed by atoms with van der Waals surface area (Å²) < 4.78 is 0. The molecule has 113 heavy (non-hydrogen) atoms. The van der Waals surface area contributed by atoms with Crippen LogP contribution in [0.25, 0.3) is 0 Å². The number of amides is 24. The predicted molar refractivity (Wildman–Crippen MR) is 405 cm³/mol. The normalized spacial score (nSPS) is 18.6.